The maximum absolute atomic E-state index is 13.6. The van der Waals surface area contributed by atoms with Gasteiger partial charge in [0, 0.05) is 5.69 Å². The van der Waals surface area contributed by atoms with Gasteiger partial charge in [0.05, 0.1) is 25.5 Å². The summed E-state index contributed by atoms with van der Waals surface area (Å²) in [4.78, 5) is 28.4. The molecule has 0 saturated carbocycles. The molecule has 2 amide bonds. The Balaban J connectivity index is 1.85. The Labute approximate surface area is 187 Å². The van der Waals surface area contributed by atoms with Crippen LogP contribution in [0.15, 0.2) is 72.4 Å². The van der Waals surface area contributed by atoms with Crippen LogP contribution in [0, 0.1) is 13.8 Å². The Bertz CT molecular complexity index is 1230. The second-order valence-corrected chi connectivity index (χ2v) is 7.59. The molecule has 0 bridgehead atoms. The average Bonchev–Trinajstić information content (AvgIpc) is 3.03. The van der Waals surface area contributed by atoms with Crippen molar-refractivity contribution < 1.29 is 19.1 Å². The fourth-order valence-electron chi connectivity index (χ4n) is 3.73. The summed E-state index contributed by atoms with van der Waals surface area (Å²) in [5, 5.41) is 3.19. The van der Waals surface area contributed by atoms with Gasteiger partial charge in [0.15, 0.2) is 0 Å². The van der Waals surface area contributed by atoms with Crippen molar-refractivity contribution in [2.24, 2.45) is 0 Å². The molecule has 0 aromatic heterocycles. The molecule has 1 heterocycles. The van der Waals surface area contributed by atoms with E-state index in [1.165, 1.54) is 12.0 Å². The molecule has 0 atom stereocenters. The fourth-order valence-corrected chi connectivity index (χ4v) is 3.73. The summed E-state index contributed by atoms with van der Waals surface area (Å²) >= 11 is 0. The number of hydrogen-bond donors (Lipinski definition) is 1. The Morgan fingerprint density at radius 2 is 1.50 bits per heavy atom. The van der Waals surface area contributed by atoms with Crippen LogP contribution in [0.3, 0.4) is 0 Å². The van der Waals surface area contributed by atoms with Crippen LogP contribution in [0.1, 0.15) is 16.7 Å². The van der Waals surface area contributed by atoms with Crippen LogP contribution >= 0.6 is 0 Å². The van der Waals surface area contributed by atoms with Crippen molar-refractivity contribution >= 4 is 28.8 Å². The van der Waals surface area contributed by atoms with Crippen LogP contribution in [-0.2, 0) is 9.59 Å². The van der Waals surface area contributed by atoms with Gasteiger partial charge >= 0.3 is 0 Å². The van der Waals surface area contributed by atoms with Crippen molar-refractivity contribution in [3.8, 4) is 11.5 Å². The molecular formula is C26H24N2O4. The minimum absolute atomic E-state index is 0.217. The highest BCUT2D eigenvalue weighted by atomic mass is 16.5. The smallest absolute Gasteiger partial charge is 0.282 e. The van der Waals surface area contributed by atoms with Crippen molar-refractivity contribution in [2.75, 3.05) is 24.4 Å². The number of anilines is 2. The molecule has 162 valence electrons. The van der Waals surface area contributed by atoms with Gasteiger partial charge in [0.25, 0.3) is 11.8 Å². The molecular weight excluding hydrogens is 404 g/mol. The van der Waals surface area contributed by atoms with Crippen LogP contribution in [0.2, 0.25) is 0 Å². The van der Waals surface area contributed by atoms with Gasteiger partial charge in [0.2, 0.25) is 0 Å². The minimum Gasteiger partial charge on any atom is -0.497 e. The molecule has 6 heteroatoms. The summed E-state index contributed by atoms with van der Waals surface area (Å²) in [6.45, 7) is 3.87. The summed E-state index contributed by atoms with van der Waals surface area (Å²) in [5.41, 5.74) is 4.22. The van der Waals surface area contributed by atoms with Crippen molar-refractivity contribution in [1.82, 2.24) is 0 Å². The van der Waals surface area contributed by atoms with Gasteiger partial charge in [-0.15, -0.1) is 0 Å². The number of methoxy groups -OCH3 is 2. The number of carbonyl (C=O) groups is 2. The molecule has 32 heavy (non-hydrogen) atoms. The van der Waals surface area contributed by atoms with Crippen LogP contribution in [0.5, 0.6) is 11.5 Å². The third kappa shape index (κ3) is 3.83. The number of ether oxygens (including phenoxy) is 2. The van der Waals surface area contributed by atoms with E-state index in [-0.39, 0.29) is 5.70 Å². The van der Waals surface area contributed by atoms with E-state index in [9.17, 15) is 9.59 Å². The number of amides is 2. The highest BCUT2D eigenvalue weighted by Crippen LogP contribution is 2.38. The van der Waals surface area contributed by atoms with Crippen LogP contribution in [0.25, 0.3) is 5.57 Å². The minimum atomic E-state index is -0.439. The predicted molar refractivity (Wildman–Crippen MR) is 125 cm³/mol. The Morgan fingerprint density at radius 1 is 0.781 bits per heavy atom. The zero-order valence-corrected chi connectivity index (χ0v) is 18.4. The van der Waals surface area contributed by atoms with Gasteiger partial charge in [-0.2, -0.15) is 0 Å². The standard InChI is InChI=1S/C26H24N2O4/c1-16-6-5-7-19(14-16)27-24-23(18-9-11-20(31-3)12-10-18)25(29)28(26(24)30)21-15-17(2)8-13-22(21)32-4/h5-15,27H,1-4H3. The second kappa shape index (κ2) is 8.59. The molecule has 0 spiro atoms. The van der Waals surface area contributed by atoms with Gasteiger partial charge in [-0.1, -0.05) is 30.3 Å². The Morgan fingerprint density at radius 3 is 2.16 bits per heavy atom. The van der Waals surface area contributed by atoms with Gasteiger partial charge < -0.3 is 14.8 Å². The van der Waals surface area contributed by atoms with E-state index >= 15 is 0 Å². The molecule has 3 aromatic carbocycles. The van der Waals surface area contributed by atoms with Crippen molar-refractivity contribution in [3.05, 3.63) is 89.1 Å². The van der Waals surface area contributed by atoms with Gasteiger partial charge in [-0.05, 0) is 66.9 Å². The molecule has 0 aliphatic carbocycles. The summed E-state index contributed by atoms with van der Waals surface area (Å²) < 4.78 is 10.7. The summed E-state index contributed by atoms with van der Waals surface area (Å²) in [6, 6.07) is 20.1. The lowest BCUT2D eigenvalue weighted by molar-refractivity contribution is -0.120. The lowest BCUT2D eigenvalue weighted by Crippen LogP contribution is -2.32. The quantitative estimate of drug-likeness (QED) is 0.576. The summed E-state index contributed by atoms with van der Waals surface area (Å²) in [6.07, 6.45) is 0. The first-order chi connectivity index (χ1) is 15.4. The first kappa shape index (κ1) is 21.2. The average molecular weight is 428 g/mol. The molecule has 0 unspecified atom stereocenters. The van der Waals surface area contributed by atoms with E-state index in [2.05, 4.69) is 5.32 Å². The first-order valence-electron chi connectivity index (χ1n) is 10.2. The number of nitrogens with one attached hydrogen (secondary N) is 1. The monoisotopic (exact) mass is 428 g/mol. The van der Waals surface area contributed by atoms with E-state index in [1.807, 2.05) is 44.2 Å². The van der Waals surface area contributed by atoms with Crippen molar-refractivity contribution in [3.63, 3.8) is 0 Å². The molecule has 0 radical (unpaired) electrons. The maximum Gasteiger partial charge on any atom is 0.282 e. The normalized spacial score (nSPS) is 13.6. The molecule has 1 N–H and O–H groups in total. The Kier molecular flexibility index (Phi) is 5.69. The topological polar surface area (TPSA) is 67.9 Å². The number of carbonyl (C=O) groups excluding carboxylic acids is 2. The maximum atomic E-state index is 13.6. The van der Waals surface area contributed by atoms with E-state index in [1.54, 1.807) is 43.5 Å². The van der Waals surface area contributed by atoms with E-state index in [0.29, 0.717) is 28.3 Å². The van der Waals surface area contributed by atoms with Crippen LogP contribution in [-0.4, -0.2) is 26.0 Å². The first-order valence-corrected chi connectivity index (χ1v) is 10.2. The van der Waals surface area contributed by atoms with Crippen LogP contribution < -0.4 is 19.7 Å². The van der Waals surface area contributed by atoms with Gasteiger partial charge in [0.1, 0.15) is 17.2 Å². The molecule has 0 saturated heterocycles. The number of imide groups is 1. The molecule has 3 aromatic rings. The van der Waals surface area contributed by atoms with Gasteiger partial charge in [-0.25, -0.2) is 4.90 Å². The zero-order valence-electron chi connectivity index (χ0n) is 18.4. The molecule has 1 aliphatic heterocycles. The SMILES string of the molecule is COc1ccc(C2=C(Nc3cccc(C)c3)C(=O)N(c3cc(C)ccc3OC)C2=O)cc1. The predicted octanol–water partition coefficient (Wildman–Crippen LogP) is 4.72. The number of hydrogen-bond acceptors (Lipinski definition) is 5. The van der Waals surface area contributed by atoms with E-state index in [4.69, 9.17) is 9.47 Å². The highest BCUT2D eigenvalue weighted by Gasteiger charge is 2.41. The zero-order chi connectivity index (χ0) is 22.8. The number of rotatable bonds is 6. The van der Waals surface area contributed by atoms with Gasteiger partial charge in [-0.3, -0.25) is 9.59 Å². The Hall–Kier alpha value is -4.06. The lowest BCUT2D eigenvalue weighted by atomic mass is 10.0. The van der Waals surface area contributed by atoms with Crippen LogP contribution in [0.4, 0.5) is 11.4 Å². The fraction of sp³-hybridized carbons (Fsp3) is 0.154. The van der Waals surface area contributed by atoms with Crippen molar-refractivity contribution in [1.29, 1.82) is 0 Å². The highest BCUT2D eigenvalue weighted by molar-refractivity contribution is 6.46. The number of nitrogens with zero attached hydrogens (tertiary/aromatic N) is 1. The summed E-state index contributed by atoms with van der Waals surface area (Å²) in [7, 11) is 3.10. The molecule has 6 nitrogen and oxygen atoms in total. The second-order valence-electron chi connectivity index (χ2n) is 7.59. The number of aryl methyl sites for hydroxylation is 2. The van der Waals surface area contributed by atoms with Crippen molar-refractivity contribution in [2.45, 2.75) is 13.8 Å². The molecule has 0 fully saturated rings. The third-order valence-corrected chi connectivity index (χ3v) is 5.33. The number of benzene rings is 3. The summed E-state index contributed by atoms with van der Waals surface area (Å²) in [5.74, 6) is 0.255. The largest absolute Gasteiger partial charge is 0.497 e. The molecule has 1 aliphatic rings. The molecule has 4 rings (SSSR count). The van der Waals surface area contributed by atoms with E-state index < -0.39 is 11.8 Å². The lowest BCUT2D eigenvalue weighted by Gasteiger charge is -2.19. The van der Waals surface area contributed by atoms with E-state index in [0.717, 1.165) is 16.8 Å². The third-order valence-electron chi connectivity index (χ3n) is 5.33.